The fraction of sp³-hybridized carbons (Fsp3) is 0.333. The minimum absolute atomic E-state index is 0.154. The average Bonchev–Trinajstić information content (AvgIpc) is 3.23. The smallest absolute Gasteiger partial charge is 0.248 e. The van der Waals surface area contributed by atoms with E-state index in [1.54, 1.807) is 12.1 Å². The highest BCUT2D eigenvalue weighted by Crippen LogP contribution is 2.46. The van der Waals surface area contributed by atoms with Crippen molar-refractivity contribution in [1.82, 2.24) is 9.78 Å². The summed E-state index contributed by atoms with van der Waals surface area (Å²) in [6, 6.07) is 14.1. The van der Waals surface area contributed by atoms with Gasteiger partial charge in [0.05, 0.1) is 6.54 Å². The van der Waals surface area contributed by atoms with E-state index in [1.165, 1.54) is 35.1 Å². The second-order valence-electron chi connectivity index (χ2n) is 9.89. The third-order valence-corrected chi connectivity index (χ3v) is 6.65. The monoisotopic (exact) mass is 413 g/mol. The quantitative estimate of drug-likeness (QED) is 0.558. The fourth-order valence-electron chi connectivity index (χ4n) is 4.48. The van der Waals surface area contributed by atoms with Crippen LogP contribution in [0, 0.1) is 0 Å². The molecular weight excluding hydrogens is 382 g/mol. The molecule has 2 N–H and O–H groups in total. The Balaban J connectivity index is 1.78. The molecule has 0 fully saturated rings. The standard InChI is InChI=1S/C27H31N3O/c1-26(2)12-13-27(3,4)24-17-22(18-30-15-5-14-29-30)21(16-23(24)26)11-8-19-6-9-20(10-7-19)25(28)31/h5-11,14-17H,12-13,18H2,1-4H3,(H2,28,31)/b11-8+. The maximum Gasteiger partial charge on any atom is 0.248 e. The third-order valence-electron chi connectivity index (χ3n) is 6.65. The Hall–Kier alpha value is -3.14. The molecule has 4 nitrogen and oxygen atoms in total. The second kappa shape index (κ2) is 7.84. The van der Waals surface area contributed by atoms with E-state index >= 15 is 0 Å². The van der Waals surface area contributed by atoms with Gasteiger partial charge >= 0.3 is 0 Å². The van der Waals surface area contributed by atoms with Gasteiger partial charge in [0, 0.05) is 18.0 Å². The van der Waals surface area contributed by atoms with Crippen LogP contribution in [0.15, 0.2) is 54.9 Å². The van der Waals surface area contributed by atoms with Gasteiger partial charge in [0.1, 0.15) is 0 Å². The first-order chi connectivity index (χ1) is 14.7. The lowest BCUT2D eigenvalue weighted by Gasteiger charge is -2.42. The first-order valence-electron chi connectivity index (χ1n) is 10.9. The first kappa shape index (κ1) is 21.1. The number of carbonyl (C=O) groups excluding carboxylic acids is 1. The highest BCUT2D eigenvalue weighted by molar-refractivity contribution is 5.93. The zero-order valence-corrected chi connectivity index (χ0v) is 18.9. The van der Waals surface area contributed by atoms with Gasteiger partial charge in [-0.3, -0.25) is 9.48 Å². The van der Waals surface area contributed by atoms with Crippen molar-refractivity contribution in [3.63, 3.8) is 0 Å². The van der Waals surface area contributed by atoms with Crippen LogP contribution in [0.25, 0.3) is 12.2 Å². The maximum absolute atomic E-state index is 11.3. The molecule has 160 valence electrons. The van der Waals surface area contributed by atoms with Crippen molar-refractivity contribution in [3.05, 3.63) is 88.2 Å². The summed E-state index contributed by atoms with van der Waals surface area (Å²) in [6.07, 6.45) is 10.5. The van der Waals surface area contributed by atoms with Crippen molar-refractivity contribution in [2.45, 2.75) is 57.9 Å². The summed E-state index contributed by atoms with van der Waals surface area (Å²) in [6.45, 7) is 10.1. The Morgan fingerprint density at radius 3 is 2.26 bits per heavy atom. The van der Waals surface area contributed by atoms with Crippen LogP contribution in [0.3, 0.4) is 0 Å². The summed E-state index contributed by atoms with van der Waals surface area (Å²) < 4.78 is 1.97. The molecule has 0 spiro atoms. The molecule has 1 amide bonds. The van der Waals surface area contributed by atoms with Gasteiger partial charge < -0.3 is 5.73 Å². The lowest BCUT2D eigenvalue weighted by atomic mass is 9.62. The van der Waals surface area contributed by atoms with Crippen molar-refractivity contribution in [2.75, 3.05) is 0 Å². The fourth-order valence-corrected chi connectivity index (χ4v) is 4.48. The van der Waals surface area contributed by atoms with Crippen LogP contribution < -0.4 is 5.73 Å². The topological polar surface area (TPSA) is 60.9 Å². The molecule has 0 saturated carbocycles. The highest BCUT2D eigenvalue weighted by atomic mass is 16.1. The minimum atomic E-state index is -0.406. The van der Waals surface area contributed by atoms with E-state index in [1.807, 2.05) is 35.3 Å². The second-order valence-corrected chi connectivity index (χ2v) is 9.89. The van der Waals surface area contributed by atoms with E-state index in [-0.39, 0.29) is 10.8 Å². The van der Waals surface area contributed by atoms with Crippen LogP contribution in [0.5, 0.6) is 0 Å². The molecule has 1 aromatic heterocycles. The SMILES string of the molecule is CC1(C)CCC(C)(C)c2cc(Cn3cccn3)c(/C=C/c3ccc(C(N)=O)cc3)cc21. The van der Waals surface area contributed by atoms with Gasteiger partial charge in [-0.2, -0.15) is 5.10 Å². The van der Waals surface area contributed by atoms with Gasteiger partial charge in [-0.05, 0) is 69.7 Å². The van der Waals surface area contributed by atoms with Gasteiger partial charge in [0.15, 0.2) is 0 Å². The lowest BCUT2D eigenvalue weighted by Crippen LogP contribution is -2.34. The third kappa shape index (κ3) is 4.34. The van der Waals surface area contributed by atoms with Gasteiger partial charge in [-0.1, -0.05) is 64.1 Å². The molecule has 0 radical (unpaired) electrons. The summed E-state index contributed by atoms with van der Waals surface area (Å²) in [5.41, 5.74) is 12.6. The zero-order valence-electron chi connectivity index (χ0n) is 18.9. The predicted molar refractivity (Wildman–Crippen MR) is 127 cm³/mol. The van der Waals surface area contributed by atoms with E-state index in [9.17, 15) is 4.79 Å². The number of nitrogens with two attached hydrogens (primary N) is 1. The van der Waals surface area contributed by atoms with Crippen LogP contribution in [0.2, 0.25) is 0 Å². The van der Waals surface area contributed by atoms with Crippen LogP contribution in [0.1, 0.15) is 78.7 Å². The summed E-state index contributed by atoms with van der Waals surface area (Å²) in [5.74, 6) is -0.406. The first-order valence-corrected chi connectivity index (χ1v) is 10.9. The molecule has 0 unspecified atom stereocenters. The molecule has 0 bridgehead atoms. The Bertz CT molecular complexity index is 1120. The Morgan fingerprint density at radius 2 is 1.68 bits per heavy atom. The van der Waals surface area contributed by atoms with Crippen LogP contribution >= 0.6 is 0 Å². The summed E-state index contributed by atoms with van der Waals surface area (Å²) in [4.78, 5) is 11.3. The number of carbonyl (C=O) groups is 1. The van der Waals surface area contributed by atoms with Crippen molar-refractivity contribution in [3.8, 4) is 0 Å². The van der Waals surface area contributed by atoms with Crippen molar-refractivity contribution in [1.29, 1.82) is 0 Å². The molecular formula is C27H31N3O. The molecule has 0 atom stereocenters. The van der Waals surface area contributed by atoms with Crippen LogP contribution in [0.4, 0.5) is 0 Å². The number of amides is 1. The lowest BCUT2D eigenvalue weighted by molar-refractivity contribution is 0.100. The van der Waals surface area contributed by atoms with Crippen molar-refractivity contribution >= 4 is 18.1 Å². The van der Waals surface area contributed by atoms with E-state index < -0.39 is 5.91 Å². The molecule has 1 aliphatic rings. The van der Waals surface area contributed by atoms with Crippen LogP contribution in [-0.2, 0) is 17.4 Å². The molecule has 1 heterocycles. The Labute approximate surface area is 184 Å². The molecule has 31 heavy (non-hydrogen) atoms. The average molecular weight is 414 g/mol. The van der Waals surface area contributed by atoms with E-state index in [4.69, 9.17) is 5.73 Å². The molecule has 0 aliphatic heterocycles. The van der Waals surface area contributed by atoms with Crippen LogP contribution in [-0.4, -0.2) is 15.7 Å². The minimum Gasteiger partial charge on any atom is -0.366 e. The Morgan fingerprint density at radius 1 is 1.03 bits per heavy atom. The van der Waals surface area contributed by atoms with Crippen molar-refractivity contribution < 1.29 is 4.79 Å². The number of rotatable bonds is 5. The number of hydrogen-bond acceptors (Lipinski definition) is 2. The van der Waals surface area contributed by atoms with E-state index in [0.717, 1.165) is 12.1 Å². The normalized spacial score (nSPS) is 16.9. The molecule has 1 aliphatic carbocycles. The molecule has 4 heteroatoms. The number of benzene rings is 2. The van der Waals surface area contributed by atoms with E-state index in [2.05, 4.69) is 57.1 Å². The van der Waals surface area contributed by atoms with Crippen molar-refractivity contribution in [2.24, 2.45) is 5.73 Å². The molecule has 4 rings (SSSR count). The molecule has 3 aromatic rings. The van der Waals surface area contributed by atoms with E-state index in [0.29, 0.717) is 5.56 Å². The van der Waals surface area contributed by atoms with Gasteiger partial charge in [-0.25, -0.2) is 0 Å². The summed E-state index contributed by atoms with van der Waals surface area (Å²) >= 11 is 0. The molecule has 2 aromatic carbocycles. The summed E-state index contributed by atoms with van der Waals surface area (Å²) in [5, 5.41) is 4.42. The van der Waals surface area contributed by atoms with Gasteiger partial charge in [0.25, 0.3) is 0 Å². The zero-order chi connectivity index (χ0) is 22.2. The largest absolute Gasteiger partial charge is 0.366 e. The number of aromatic nitrogens is 2. The number of primary amides is 1. The predicted octanol–water partition coefficient (Wildman–Crippen LogP) is 5.55. The highest BCUT2D eigenvalue weighted by Gasteiger charge is 2.37. The summed E-state index contributed by atoms with van der Waals surface area (Å²) in [7, 11) is 0. The number of fused-ring (bicyclic) bond motifs is 1. The number of hydrogen-bond donors (Lipinski definition) is 1. The molecule has 0 saturated heterocycles. The Kier molecular flexibility index (Phi) is 5.34. The van der Waals surface area contributed by atoms with Gasteiger partial charge in [0.2, 0.25) is 5.91 Å². The number of nitrogens with zero attached hydrogens (tertiary/aromatic N) is 2. The van der Waals surface area contributed by atoms with Gasteiger partial charge in [-0.15, -0.1) is 0 Å². The maximum atomic E-state index is 11.3.